The van der Waals surface area contributed by atoms with Gasteiger partial charge >= 0.3 is 0 Å². The van der Waals surface area contributed by atoms with Crippen LogP contribution in [0.1, 0.15) is 51.0 Å². The van der Waals surface area contributed by atoms with E-state index in [9.17, 15) is 4.79 Å². The van der Waals surface area contributed by atoms with Crippen LogP contribution in [0.15, 0.2) is 29.4 Å². The number of hydrogen-bond acceptors (Lipinski definition) is 6. The minimum Gasteiger partial charge on any atom is -0.378 e. The number of hydrogen-bond donors (Lipinski definition) is 1. The molecule has 1 aromatic carbocycles. The van der Waals surface area contributed by atoms with E-state index in [1.807, 2.05) is 6.92 Å². The maximum Gasteiger partial charge on any atom is 0.233 e. The van der Waals surface area contributed by atoms with Crippen molar-refractivity contribution in [3.63, 3.8) is 0 Å². The monoisotopic (exact) mass is 481 g/mol. The zero-order chi connectivity index (χ0) is 23.3. The maximum atomic E-state index is 13.4. The normalized spacial score (nSPS) is 31.0. The van der Waals surface area contributed by atoms with Gasteiger partial charge in [-0.1, -0.05) is 29.5 Å². The number of anilines is 1. The first kappa shape index (κ1) is 22.4. The molecule has 4 saturated carbocycles. The SMILES string of the molecule is Cc1ccc(-n2c(SC(C)C(=O)NC34CC5CC(CC(C5)C3)C4)nnc2N2CCOCC2)cc1. The van der Waals surface area contributed by atoms with Crippen LogP contribution in [-0.2, 0) is 9.53 Å². The Bertz CT molecular complexity index is 1010. The van der Waals surface area contributed by atoms with Gasteiger partial charge in [-0.05, 0) is 82.3 Å². The highest BCUT2D eigenvalue weighted by Gasteiger charge is 2.51. The lowest BCUT2D eigenvalue weighted by atomic mass is 9.53. The lowest BCUT2D eigenvalue weighted by Gasteiger charge is -2.57. The van der Waals surface area contributed by atoms with Gasteiger partial charge in [0.1, 0.15) is 0 Å². The molecular weight excluding hydrogens is 446 g/mol. The molecule has 4 bridgehead atoms. The van der Waals surface area contributed by atoms with Gasteiger partial charge in [0.25, 0.3) is 0 Å². The number of carbonyl (C=O) groups is 1. The Hall–Kier alpha value is -2.06. The molecule has 1 aromatic heterocycles. The van der Waals surface area contributed by atoms with Gasteiger partial charge in [-0.25, -0.2) is 0 Å². The van der Waals surface area contributed by atoms with Crippen LogP contribution < -0.4 is 10.2 Å². The number of ether oxygens (including phenoxy) is 1. The molecular formula is C26H35N5O2S. The topological polar surface area (TPSA) is 72.3 Å². The number of nitrogens with zero attached hydrogens (tertiary/aromatic N) is 4. The molecule has 0 radical (unpaired) electrons. The van der Waals surface area contributed by atoms with Crippen LogP contribution >= 0.6 is 11.8 Å². The number of morpholine rings is 1. The third kappa shape index (κ3) is 4.24. The van der Waals surface area contributed by atoms with Gasteiger partial charge in [0.2, 0.25) is 11.9 Å². The van der Waals surface area contributed by atoms with Crippen molar-refractivity contribution < 1.29 is 9.53 Å². The predicted molar refractivity (Wildman–Crippen MR) is 133 cm³/mol. The van der Waals surface area contributed by atoms with Crippen LogP contribution in [0, 0.1) is 24.7 Å². The van der Waals surface area contributed by atoms with E-state index in [1.165, 1.54) is 55.9 Å². The third-order valence-corrected chi connectivity index (χ3v) is 9.32. The number of aryl methyl sites for hydroxylation is 1. The van der Waals surface area contributed by atoms with Crippen LogP contribution in [0.5, 0.6) is 0 Å². The molecule has 1 aliphatic heterocycles. The van der Waals surface area contributed by atoms with Gasteiger partial charge in [-0.15, -0.1) is 10.2 Å². The maximum absolute atomic E-state index is 13.4. The van der Waals surface area contributed by atoms with Crippen molar-refractivity contribution in [2.24, 2.45) is 17.8 Å². The van der Waals surface area contributed by atoms with Crippen molar-refractivity contribution in [3.05, 3.63) is 29.8 Å². The van der Waals surface area contributed by atoms with E-state index in [4.69, 9.17) is 4.74 Å². The molecule has 1 unspecified atom stereocenters. The molecule has 8 heteroatoms. The minimum atomic E-state index is -0.237. The van der Waals surface area contributed by atoms with Crippen LogP contribution in [0.4, 0.5) is 5.95 Å². The molecule has 5 aliphatic rings. The molecule has 5 fully saturated rings. The summed E-state index contributed by atoms with van der Waals surface area (Å²) < 4.78 is 7.64. The number of aromatic nitrogens is 3. The number of amides is 1. The van der Waals surface area contributed by atoms with E-state index < -0.39 is 0 Å². The molecule has 2 aromatic rings. The van der Waals surface area contributed by atoms with E-state index in [1.54, 1.807) is 0 Å². The molecule has 7 nitrogen and oxygen atoms in total. The molecule has 182 valence electrons. The van der Waals surface area contributed by atoms with E-state index in [-0.39, 0.29) is 16.7 Å². The fourth-order valence-electron chi connectivity index (χ4n) is 7.06. The van der Waals surface area contributed by atoms with Gasteiger partial charge in [-0.3, -0.25) is 9.36 Å². The van der Waals surface area contributed by atoms with E-state index >= 15 is 0 Å². The second-order valence-electron chi connectivity index (χ2n) is 11.0. The van der Waals surface area contributed by atoms with Gasteiger partial charge < -0.3 is 15.0 Å². The molecule has 4 aliphatic carbocycles. The van der Waals surface area contributed by atoms with Crippen molar-refractivity contribution in [3.8, 4) is 5.69 Å². The number of rotatable bonds is 6. The Balaban J connectivity index is 1.22. The Morgan fingerprint density at radius 2 is 1.68 bits per heavy atom. The lowest BCUT2D eigenvalue weighted by Crippen LogP contribution is -2.60. The summed E-state index contributed by atoms with van der Waals surface area (Å²) in [6.07, 6.45) is 7.64. The summed E-state index contributed by atoms with van der Waals surface area (Å²) in [6, 6.07) is 8.42. The van der Waals surface area contributed by atoms with E-state index in [2.05, 4.69) is 56.2 Å². The molecule has 2 heterocycles. The van der Waals surface area contributed by atoms with Crippen molar-refractivity contribution in [2.45, 2.75) is 68.3 Å². The number of carbonyl (C=O) groups excluding carboxylic acids is 1. The van der Waals surface area contributed by atoms with Crippen LogP contribution in [-0.4, -0.2) is 57.8 Å². The molecule has 1 atom stereocenters. The van der Waals surface area contributed by atoms with Gasteiger partial charge in [0, 0.05) is 18.6 Å². The first-order valence-corrected chi connectivity index (χ1v) is 13.7. The predicted octanol–water partition coefficient (Wildman–Crippen LogP) is 3.98. The smallest absolute Gasteiger partial charge is 0.233 e. The summed E-state index contributed by atoms with van der Waals surface area (Å²) in [5.41, 5.74) is 2.26. The molecule has 1 N–H and O–H groups in total. The average Bonchev–Trinajstić information content (AvgIpc) is 3.22. The Labute approximate surface area is 206 Å². The second kappa shape index (κ2) is 8.86. The molecule has 0 spiro atoms. The molecule has 34 heavy (non-hydrogen) atoms. The highest BCUT2D eigenvalue weighted by Crippen LogP contribution is 2.55. The quantitative estimate of drug-likeness (QED) is 0.630. The molecule has 1 saturated heterocycles. The second-order valence-corrected chi connectivity index (χ2v) is 12.3. The average molecular weight is 482 g/mol. The largest absolute Gasteiger partial charge is 0.378 e. The van der Waals surface area contributed by atoms with Crippen molar-refractivity contribution in [1.29, 1.82) is 0 Å². The summed E-state index contributed by atoms with van der Waals surface area (Å²) in [6.45, 7) is 7.04. The van der Waals surface area contributed by atoms with Gasteiger partial charge in [0.15, 0.2) is 5.16 Å². The highest BCUT2D eigenvalue weighted by molar-refractivity contribution is 8.00. The van der Waals surface area contributed by atoms with Crippen molar-refractivity contribution >= 4 is 23.6 Å². The number of benzene rings is 1. The molecule has 1 amide bonds. The van der Waals surface area contributed by atoms with E-state index in [0.29, 0.717) is 13.2 Å². The van der Waals surface area contributed by atoms with Crippen LogP contribution in [0.3, 0.4) is 0 Å². The summed E-state index contributed by atoms with van der Waals surface area (Å²) in [5, 5.41) is 13.2. The lowest BCUT2D eigenvalue weighted by molar-refractivity contribution is -0.126. The Morgan fingerprint density at radius 1 is 1.06 bits per heavy atom. The standard InChI is InChI=1S/C26H35N5O2S/c1-17-3-5-22(6-4-17)31-24(30-7-9-33-10-8-30)28-29-25(31)34-18(2)23(32)27-26-14-19-11-20(15-26)13-21(12-19)16-26/h3-6,18-21H,7-16H2,1-2H3,(H,27,32). The highest BCUT2D eigenvalue weighted by atomic mass is 32.2. The van der Waals surface area contributed by atoms with E-state index in [0.717, 1.165) is 47.6 Å². The van der Waals surface area contributed by atoms with Crippen LogP contribution in [0.25, 0.3) is 5.69 Å². The summed E-state index contributed by atoms with van der Waals surface area (Å²) >= 11 is 1.51. The fourth-order valence-corrected chi connectivity index (χ4v) is 7.93. The third-order valence-electron chi connectivity index (χ3n) is 8.28. The zero-order valence-electron chi connectivity index (χ0n) is 20.2. The summed E-state index contributed by atoms with van der Waals surface area (Å²) in [7, 11) is 0. The summed E-state index contributed by atoms with van der Waals surface area (Å²) in [5.74, 6) is 3.40. The number of nitrogens with one attached hydrogen (secondary N) is 1. The van der Waals surface area contributed by atoms with Crippen LogP contribution in [0.2, 0.25) is 0 Å². The first-order chi connectivity index (χ1) is 16.5. The summed E-state index contributed by atoms with van der Waals surface area (Å²) in [4.78, 5) is 15.6. The minimum absolute atomic E-state index is 0.0320. The molecule has 7 rings (SSSR count). The first-order valence-electron chi connectivity index (χ1n) is 12.8. The Morgan fingerprint density at radius 3 is 2.29 bits per heavy atom. The fraction of sp³-hybridized carbons (Fsp3) is 0.654. The Kier molecular flexibility index (Phi) is 5.84. The van der Waals surface area contributed by atoms with Gasteiger partial charge in [-0.2, -0.15) is 0 Å². The van der Waals surface area contributed by atoms with Gasteiger partial charge in [0.05, 0.1) is 24.2 Å². The zero-order valence-corrected chi connectivity index (χ0v) is 21.0. The van der Waals surface area contributed by atoms with Crippen molar-refractivity contribution in [2.75, 3.05) is 31.2 Å². The number of thioether (sulfide) groups is 1. The van der Waals surface area contributed by atoms with Crippen molar-refractivity contribution in [1.82, 2.24) is 20.1 Å².